The number of nitrogens with zero attached hydrogens (tertiary/aromatic N) is 2. The second kappa shape index (κ2) is 5.49. The van der Waals surface area contributed by atoms with Crippen molar-refractivity contribution in [1.29, 1.82) is 0 Å². The van der Waals surface area contributed by atoms with Crippen LogP contribution in [0.1, 0.15) is 20.9 Å². The molecule has 0 aliphatic carbocycles. The van der Waals surface area contributed by atoms with Gasteiger partial charge in [-0.15, -0.1) is 11.3 Å². The Morgan fingerprint density at radius 3 is 2.81 bits per heavy atom. The van der Waals surface area contributed by atoms with Crippen molar-refractivity contribution in [3.05, 3.63) is 52.8 Å². The van der Waals surface area contributed by atoms with Gasteiger partial charge >= 0.3 is 0 Å². The van der Waals surface area contributed by atoms with E-state index in [9.17, 15) is 4.79 Å². The average Bonchev–Trinajstić information content (AvgIpc) is 2.84. The number of nitrogens with one attached hydrogen (secondary N) is 1. The number of nitrogens with two attached hydrogens (primary N) is 1. The first kappa shape index (κ1) is 13.5. The van der Waals surface area contributed by atoms with Crippen LogP contribution in [0.5, 0.6) is 0 Å². The summed E-state index contributed by atoms with van der Waals surface area (Å²) in [5.74, 6) is -0.194. The number of aryl methyl sites for hydroxylation is 1. The number of carbonyl (C=O) groups is 1. The van der Waals surface area contributed by atoms with Crippen LogP contribution in [0, 0.1) is 6.92 Å². The number of pyridine rings is 2. The maximum Gasteiger partial charge on any atom is 0.263 e. The topological polar surface area (TPSA) is 80.9 Å². The van der Waals surface area contributed by atoms with Crippen molar-refractivity contribution in [2.45, 2.75) is 13.5 Å². The van der Waals surface area contributed by atoms with E-state index in [0.29, 0.717) is 17.1 Å². The molecule has 106 valence electrons. The van der Waals surface area contributed by atoms with Crippen LogP contribution >= 0.6 is 11.3 Å². The lowest BCUT2D eigenvalue weighted by Crippen LogP contribution is -2.23. The lowest BCUT2D eigenvalue weighted by atomic mass is 10.2. The van der Waals surface area contributed by atoms with Crippen LogP contribution in [0.2, 0.25) is 0 Å². The molecule has 0 aliphatic rings. The van der Waals surface area contributed by atoms with Crippen LogP contribution in [-0.4, -0.2) is 15.9 Å². The zero-order chi connectivity index (χ0) is 14.8. The lowest BCUT2D eigenvalue weighted by Gasteiger charge is -2.06. The van der Waals surface area contributed by atoms with Gasteiger partial charge < -0.3 is 11.1 Å². The SMILES string of the molecule is Cc1cccnc1CNC(=O)c1sc2ncccc2c1N. The number of nitrogen functional groups attached to an aromatic ring is 1. The van der Waals surface area contributed by atoms with Gasteiger partial charge in [-0.2, -0.15) is 0 Å². The molecule has 3 N–H and O–H groups in total. The molecule has 0 spiro atoms. The Labute approximate surface area is 125 Å². The van der Waals surface area contributed by atoms with E-state index in [0.717, 1.165) is 21.5 Å². The van der Waals surface area contributed by atoms with Gasteiger partial charge in [0.25, 0.3) is 5.91 Å². The number of hydrogen-bond donors (Lipinski definition) is 2. The predicted molar refractivity (Wildman–Crippen MR) is 84.2 cm³/mol. The number of anilines is 1. The molecule has 3 rings (SSSR count). The number of hydrogen-bond acceptors (Lipinski definition) is 5. The van der Waals surface area contributed by atoms with Crippen LogP contribution < -0.4 is 11.1 Å². The zero-order valence-electron chi connectivity index (χ0n) is 11.5. The number of carbonyl (C=O) groups excluding carboxylic acids is 1. The molecule has 0 unspecified atom stereocenters. The fourth-order valence-electron chi connectivity index (χ4n) is 2.07. The third-order valence-electron chi connectivity index (χ3n) is 3.25. The van der Waals surface area contributed by atoms with Gasteiger partial charge in [0.15, 0.2) is 0 Å². The maximum absolute atomic E-state index is 12.3. The van der Waals surface area contributed by atoms with Crippen molar-refractivity contribution in [3.8, 4) is 0 Å². The van der Waals surface area contributed by atoms with E-state index >= 15 is 0 Å². The summed E-state index contributed by atoms with van der Waals surface area (Å²) < 4.78 is 0. The zero-order valence-corrected chi connectivity index (χ0v) is 12.3. The number of thiophene rings is 1. The molecule has 0 saturated carbocycles. The molecular weight excluding hydrogens is 284 g/mol. The molecular formula is C15H14N4OS. The molecule has 3 aromatic rings. The van der Waals surface area contributed by atoms with Crippen molar-refractivity contribution in [2.24, 2.45) is 0 Å². The van der Waals surface area contributed by atoms with Gasteiger partial charge in [-0.05, 0) is 30.7 Å². The number of rotatable bonds is 3. The Hall–Kier alpha value is -2.47. The molecule has 0 radical (unpaired) electrons. The molecule has 21 heavy (non-hydrogen) atoms. The first-order chi connectivity index (χ1) is 10.2. The average molecular weight is 298 g/mol. The van der Waals surface area contributed by atoms with Crippen molar-refractivity contribution < 1.29 is 4.79 Å². The summed E-state index contributed by atoms with van der Waals surface area (Å²) in [7, 11) is 0. The Balaban J connectivity index is 1.81. The number of fused-ring (bicyclic) bond motifs is 1. The quantitative estimate of drug-likeness (QED) is 0.778. The van der Waals surface area contributed by atoms with Crippen LogP contribution in [0.15, 0.2) is 36.7 Å². The van der Waals surface area contributed by atoms with E-state index in [1.165, 1.54) is 11.3 Å². The molecule has 0 saturated heterocycles. The van der Waals surface area contributed by atoms with Crippen molar-refractivity contribution in [2.75, 3.05) is 5.73 Å². The summed E-state index contributed by atoms with van der Waals surface area (Å²) in [6.45, 7) is 2.35. The fourth-order valence-corrected chi connectivity index (χ4v) is 3.05. The molecule has 0 atom stereocenters. The summed E-state index contributed by atoms with van der Waals surface area (Å²) in [6.07, 6.45) is 3.41. The number of amides is 1. The summed E-state index contributed by atoms with van der Waals surface area (Å²) in [5, 5.41) is 3.68. The first-order valence-electron chi connectivity index (χ1n) is 6.48. The molecule has 6 heteroatoms. The Morgan fingerprint density at radius 1 is 1.29 bits per heavy atom. The highest BCUT2D eigenvalue weighted by molar-refractivity contribution is 7.21. The smallest absolute Gasteiger partial charge is 0.263 e. The fraction of sp³-hybridized carbons (Fsp3) is 0.133. The monoisotopic (exact) mass is 298 g/mol. The van der Waals surface area contributed by atoms with Crippen LogP contribution in [0.25, 0.3) is 10.2 Å². The molecule has 0 aromatic carbocycles. The second-order valence-corrected chi connectivity index (χ2v) is 5.65. The minimum atomic E-state index is -0.194. The highest BCUT2D eigenvalue weighted by Crippen LogP contribution is 2.31. The van der Waals surface area contributed by atoms with E-state index in [1.807, 2.05) is 31.2 Å². The largest absolute Gasteiger partial charge is 0.397 e. The van der Waals surface area contributed by atoms with Gasteiger partial charge in [0.2, 0.25) is 0 Å². The predicted octanol–water partition coefficient (Wildman–Crippen LogP) is 2.51. The van der Waals surface area contributed by atoms with Gasteiger partial charge in [0, 0.05) is 17.8 Å². The molecule has 0 fully saturated rings. The van der Waals surface area contributed by atoms with Crippen molar-refractivity contribution in [3.63, 3.8) is 0 Å². The van der Waals surface area contributed by atoms with Gasteiger partial charge in [-0.1, -0.05) is 6.07 Å². The summed E-state index contributed by atoms with van der Waals surface area (Å²) in [5.41, 5.74) is 8.41. The van der Waals surface area contributed by atoms with Gasteiger partial charge in [0.05, 0.1) is 17.9 Å². The van der Waals surface area contributed by atoms with E-state index in [1.54, 1.807) is 12.4 Å². The van der Waals surface area contributed by atoms with E-state index in [4.69, 9.17) is 5.73 Å². The first-order valence-corrected chi connectivity index (χ1v) is 7.30. The Morgan fingerprint density at radius 2 is 2.05 bits per heavy atom. The Bertz CT molecular complexity index is 812. The minimum absolute atomic E-state index is 0.194. The van der Waals surface area contributed by atoms with Crippen molar-refractivity contribution in [1.82, 2.24) is 15.3 Å². The standard InChI is InChI=1S/C15H14N4OS/c1-9-4-2-6-17-11(9)8-19-14(20)13-12(16)10-5-3-7-18-15(10)21-13/h2-7H,8,16H2,1H3,(H,19,20). The summed E-state index contributed by atoms with van der Waals surface area (Å²) in [6, 6.07) is 7.51. The summed E-state index contributed by atoms with van der Waals surface area (Å²) >= 11 is 1.30. The van der Waals surface area contributed by atoms with E-state index in [-0.39, 0.29) is 5.91 Å². The molecule has 5 nitrogen and oxygen atoms in total. The number of aromatic nitrogens is 2. The van der Waals surface area contributed by atoms with Crippen LogP contribution in [0.4, 0.5) is 5.69 Å². The minimum Gasteiger partial charge on any atom is -0.397 e. The highest BCUT2D eigenvalue weighted by Gasteiger charge is 2.16. The van der Waals surface area contributed by atoms with Crippen LogP contribution in [-0.2, 0) is 6.54 Å². The molecule has 3 aromatic heterocycles. The lowest BCUT2D eigenvalue weighted by molar-refractivity contribution is 0.0955. The third-order valence-corrected chi connectivity index (χ3v) is 4.37. The van der Waals surface area contributed by atoms with Gasteiger partial charge in [-0.25, -0.2) is 4.98 Å². The molecule has 0 aliphatic heterocycles. The van der Waals surface area contributed by atoms with Gasteiger partial charge in [0.1, 0.15) is 9.71 Å². The molecule has 3 heterocycles. The molecule has 0 bridgehead atoms. The third kappa shape index (κ3) is 2.57. The van der Waals surface area contributed by atoms with Crippen LogP contribution in [0.3, 0.4) is 0 Å². The second-order valence-electron chi connectivity index (χ2n) is 4.65. The molecule has 1 amide bonds. The highest BCUT2D eigenvalue weighted by atomic mass is 32.1. The van der Waals surface area contributed by atoms with E-state index in [2.05, 4.69) is 15.3 Å². The van der Waals surface area contributed by atoms with Crippen molar-refractivity contribution >= 4 is 33.1 Å². The van der Waals surface area contributed by atoms with E-state index < -0.39 is 0 Å². The normalized spacial score (nSPS) is 10.7. The maximum atomic E-state index is 12.3. The van der Waals surface area contributed by atoms with Gasteiger partial charge in [-0.3, -0.25) is 9.78 Å². The summed E-state index contributed by atoms with van der Waals surface area (Å²) in [4.78, 5) is 22.0. The Kier molecular flexibility index (Phi) is 3.53.